The van der Waals surface area contributed by atoms with Crippen LogP contribution in [0.5, 0.6) is 0 Å². The van der Waals surface area contributed by atoms with Crippen molar-refractivity contribution in [2.45, 2.75) is 42.6 Å². The number of thioether (sulfide) groups is 2. The van der Waals surface area contributed by atoms with Crippen LogP contribution in [0.25, 0.3) is 0 Å². The number of rotatable bonds is 4. The Labute approximate surface area is 155 Å². The molecule has 1 aliphatic rings. The zero-order valence-corrected chi connectivity index (χ0v) is 15.8. The number of nitrogens with zero attached hydrogens (tertiary/aromatic N) is 3. The Morgan fingerprint density at radius 2 is 1.56 bits per heavy atom. The van der Waals surface area contributed by atoms with Crippen molar-refractivity contribution in [3.05, 3.63) is 58.6 Å². The molecule has 7 heteroatoms. The van der Waals surface area contributed by atoms with Crippen LogP contribution in [0.1, 0.15) is 20.8 Å². The van der Waals surface area contributed by atoms with E-state index in [0.717, 1.165) is 5.03 Å². The average Bonchev–Trinajstić information content (AvgIpc) is 2.80. The number of hydrogen-bond donors (Lipinski definition) is 1. The number of amides is 1. The first-order chi connectivity index (χ1) is 11.9. The third-order valence-corrected chi connectivity index (χ3v) is 5.80. The summed E-state index contributed by atoms with van der Waals surface area (Å²) in [5.74, 6) is -0.186. The molecule has 0 saturated carbocycles. The smallest absolute Gasteiger partial charge is 0.264 e. The van der Waals surface area contributed by atoms with Gasteiger partial charge in [-0.2, -0.15) is 0 Å². The molecule has 0 fully saturated rings. The van der Waals surface area contributed by atoms with Crippen molar-refractivity contribution in [1.29, 1.82) is 0 Å². The molecule has 2 aromatic heterocycles. The number of aliphatic hydroxyl groups excluding tert-OH is 1. The van der Waals surface area contributed by atoms with E-state index in [2.05, 4.69) is 9.97 Å². The predicted molar refractivity (Wildman–Crippen MR) is 99.8 cm³/mol. The van der Waals surface area contributed by atoms with Crippen LogP contribution in [-0.2, 0) is 4.79 Å². The van der Waals surface area contributed by atoms with E-state index in [0.29, 0.717) is 14.8 Å². The van der Waals surface area contributed by atoms with E-state index in [9.17, 15) is 9.90 Å². The molecule has 1 aliphatic heterocycles. The Kier molecular flexibility index (Phi) is 5.17. The van der Waals surface area contributed by atoms with Crippen molar-refractivity contribution in [3.8, 4) is 0 Å². The molecule has 25 heavy (non-hydrogen) atoms. The fourth-order valence-corrected chi connectivity index (χ4v) is 4.44. The topological polar surface area (TPSA) is 66.3 Å². The van der Waals surface area contributed by atoms with Crippen LogP contribution in [0.15, 0.2) is 68.7 Å². The second-order valence-corrected chi connectivity index (χ2v) is 8.55. The molecule has 1 N–H and O–H groups in total. The molecule has 3 rings (SSSR count). The van der Waals surface area contributed by atoms with E-state index < -0.39 is 11.8 Å². The third kappa shape index (κ3) is 3.89. The van der Waals surface area contributed by atoms with Crippen LogP contribution >= 0.6 is 23.5 Å². The zero-order valence-electron chi connectivity index (χ0n) is 14.2. The van der Waals surface area contributed by atoms with Gasteiger partial charge in [0.1, 0.15) is 10.1 Å². The van der Waals surface area contributed by atoms with E-state index in [1.165, 1.54) is 28.4 Å². The summed E-state index contributed by atoms with van der Waals surface area (Å²) < 4.78 is 0. The van der Waals surface area contributed by atoms with E-state index >= 15 is 0 Å². The first kappa shape index (κ1) is 18.0. The summed E-state index contributed by atoms with van der Waals surface area (Å²) in [5.41, 5.74) is -0.501. The highest BCUT2D eigenvalue weighted by Crippen LogP contribution is 2.45. The van der Waals surface area contributed by atoms with Crippen LogP contribution in [0, 0.1) is 0 Å². The summed E-state index contributed by atoms with van der Waals surface area (Å²) in [7, 11) is 0. The highest BCUT2D eigenvalue weighted by molar-refractivity contribution is 8.07. The Bertz CT molecular complexity index is 789. The van der Waals surface area contributed by atoms with E-state index in [4.69, 9.17) is 0 Å². The maximum atomic E-state index is 13.0. The minimum absolute atomic E-state index is 0.186. The van der Waals surface area contributed by atoms with Crippen LogP contribution in [0.2, 0.25) is 0 Å². The van der Waals surface area contributed by atoms with Crippen LogP contribution < -0.4 is 0 Å². The van der Waals surface area contributed by atoms with Crippen LogP contribution in [0.4, 0.5) is 0 Å². The molecular formula is C18H19N3O2S2. The van der Waals surface area contributed by atoms with E-state index in [-0.39, 0.29) is 5.91 Å². The van der Waals surface area contributed by atoms with Gasteiger partial charge in [0.05, 0.1) is 9.81 Å². The fraction of sp³-hybridized carbons (Fsp3) is 0.278. The van der Waals surface area contributed by atoms with E-state index in [1.54, 1.807) is 12.4 Å². The van der Waals surface area contributed by atoms with Gasteiger partial charge in [0, 0.05) is 17.9 Å². The number of aromatic nitrogens is 2. The van der Waals surface area contributed by atoms with Crippen LogP contribution in [-0.4, -0.2) is 37.6 Å². The van der Waals surface area contributed by atoms with Crippen molar-refractivity contribution in [1.82, 2.24) is 14.9 Å². The molecule has 0 radical (unpaired) electrons. The minimum Gasteiger partial charge on any atom is -0.369 e. The maximum absolute atomic E-state index is 13.0. The molecule has 0 spiro atoms. The van der Waals surface area contributed by atoms with Crippen LogP contribution in [0.3, 0.4) is 0 Å². The Morgan fingerprint density at radius 3 is 2.04 bits per heavy atom. The zero-order chi connectivity index (χ0) is 18.0. The summed E-state index contributed by atoms with van der Waals surface area (Å²) in [6.07, 6.45) is 2.39. The lowest BCUT2D eigenvalue weighted by molar-refractivity contribution is -0.138. The van der Waals surface area contributed by atoms with Gasteiger partial charge in [-0.15, -0.1) is 0 Å². The van der Waals surface area contributed by atoms with Crippen molar-refractivity contribution in [3.63, 3.8) is 0 Å². The lowest BCUT2D eigenvalue weighted by atomic mass is 10.1. The summed E-state index contributed by atoms with van der Waals surface area (Å²) in [5, 5.41) is 12.3. The highest BCUT2D eigenvalue weighted by Gasteiger charge is 2.44. The first-order valence-electron chi connectivity index (χ1n) is 7.81. The normalized spacial score (nSPS) is 18.2. The molecule has 2 aromatic rings. The van der Waals surface area contributed by atoms with Crippen molar-refractivity contribution in [2.75, 3.05) is 0 Å². The quantitative estimate of drug-likeness (QED) is 0.884. The standard InChI is InChI=1S/C18H19N3O2S2/c1-18(2,3)21-16(22)14(24-12-8-4-6-10-19-12)15(17(21)23)25-13-9-5-7-11-20-13/h4-11,16,22H,1-3H3. The number of carbonyl (C=O) groups excluding carboxylic acids is 1. The molecule has 3 heterocycles. The summed E-state index contributed by atoms with van der Waals surface area (Å²) in [6.45, 7) is 5.72. The van der Waals surface area contributed by atoms with Gasteiger partial charge in [0.25, 0.3) is 5.91 Å². The number of aliphatic hydroxyl groups is 1. The number of carbonyl (C=O) groups is 1. The SMILES string of the molecule is CC(C)(C)N1C(=O)C(Sc2ccccn2)=C(Sc2ccccn2)C1O. The second kappa shape index (κ2) is 7.19. The molecule has 130 valence electrons. The Hall–Kier alpha value is -1.83. The second-order valence-electron chi connectivity index (χ2n) is 6.45. The van der Waals surface area contributed by atoms with Crippen molar-refractivity contribution >= 4 is 29.4 Å². The third-order valence-electron chi connectivity index (χ3n) is 3.54. The van der Waals surface area contributed by atoms with Gasteiger partial charge in [-0.25, -0.2) is 9.97 Å². The molecule has 0 bridgehead atoms. The number of hydrogen-bond acceptors (Lipinski definition) is 6. The molecule has 0 aliphatic carbocycles. The summed E-state index contributed by atoms with van der Waals surface area (Å²) >= 11 is 2.60. The molecule has 0 saturated heterocycles. The molecule has 5 nitrogen and oxygen atoms in total. The maximum Gasteiger partial charge on any atom is 0.264 e. The Balaban J connectivity index is 1.99. The monoisotopic (exact) mass is 373 g/mol. The van der Waals surface area contributed by atoms with Gasteiger partial charge in [-0.3, -0.25) is 4.79 Å². The van der Waals surface area contributed by atoms with Gasteiger partial charge in [0.15, 0.2) is 6.23 Å². The van der Waals surface area contributed by atoms with Crippen molar-refractivity contribution < 1.29 is 9.90 Å². The van der Waals surface area contributed by atoms with Gasteiger partial charge in [-0.05, 0) is 45.0 Å². The lowest BCUT2D eigenvalue weighted by Gasteiger charge is -2.35. The molecular weight excluding hydrogens is 354 g/mol. The summed E-state index contributed by atoms with van der Waals surface area (Å²) in [6, 6.07) is 11.1. The highest BCUT2D eigenvalue weighted by atomic mass is 32.2. The van der Waals surface area contributed by atoms with Gasteiger partial charge in [-0.1, -0.05) is 35.7 Å². The summed E-state index contributed by atoms with van der Waals surface area (Å²) in [4.78, 5) is 24.2. The van der Waals surface area contributed by atoms with Gasteiger partial charge in [0.2, 0.25) is 0 Å². The fourth-order valence-electron chi connectivity index (χ4n) is 2.46. The lowest BCUT2D eigenvalue weighted by Crippen LogP contribution is -2.48. The molecule has 1 atom stereocenters. The predicted octanol–water partition coefficient (Wildman–Crippen LogP) is 3.53. The Morgan fingerprint density at radius 1 is 1.00 bits per heavy atom. The van der Waals surface area contributed by atoms with E-state index in [1.807, 2.05) is 57.2 Å². The first-order valence-corrected chi connectivity index (χ1v) is 9.45. The minimum atomic E-state index is -0.995. The molecule has 0 aromatic carbocycles. The van der Waals surface area contributed by atoms with Gasteiger partial charge >= 0.3 is 0 Å². The average molecular weight is 374 g/mol. The molecule has 1 unspecified atom stereocenters. The van der Waals surface area contributed by atoms with Crippen molar-refractivity contribution in [2.24, 2.45) is 0 Å². The number of pyridine rings is 2. The molecule has 1 amide bonds. The largest absolute Gasteiger partial charge is 0.369 e. The van der Waals surface area contributed by atoms with Gasteiger partial charge < -0.3 is 10.0 Å².